The summed E-state index contributed by atoms with van der Waals surface area (Å²) >= 11 is 0. The Labute approximate surface area is 146 Å². The molecule has 1 aromatic heterocycles. The van der Waals surface area contributed by atoms with E-state index in [4.69, 9.17) is 4.52 Å². The highest BCUT2D eigenvalue weighted by Crippen LogP contribution is 2.13. The van der Waals surface area contributed by atoms with Crippen LogP contribution in [0.25, 0.3) is 0 Å². The highest BCUT2D eigenvalue weighted by atomic mass is 16.5. The molecule has 0 aliphatic carbocycles. The van der Waals surface area contributed by atoms with Crippen LogP contribution in [-0.4, -0.2) is 59.0 Å². The number of nitrogens with one attached hydrogen (secondary N) is 1. The second kappa shape index (κ2) is 7.48. The molecule has 0 spiro atoms. The zero-order valence-corrected chi connectivity index (χ0v) is 14.4. The van der Waals surface area contributed by atoms with Gasteiger partial charge in [-0.2, -0.15) is 0 Å². The van der Waals surface area contributed by atoms with Crippen molar-refractivity contribution in [3.63, 3.8) is 0 Å². The first-order chi connectivity index (χ1) is 12.0. The molecule has 2 aromatic rings. The molecule has 132 valence electrons. The molecule has 1 saturated heterocycles. The molecule has 1 N–H and O–H groups in total. The van der Waals surface area contributed by atoms with Gasteiger partial charge in [0.15, 0.2) is 5.82 Å². The van der Waals surface area contributed by atoms with Crippen molar-refractivity contribution < 1.29 is 14.1 Å². The maximum atomic E-state index is 12.5. The lowest BCUT2D eigenvalue weighted by Gasteiger charge is -2.37. The van der Waals surface area contributed by atoms with E-state index in [1.807, 2.05) is 42.2 Å². The monoisotopic (exact) mass is 342 g/mol. The first kappa shape index (κ1) is 17.2. The van der Waals surface area contributed by atoms with Crippen molar-refractivity contribution in [2.24, 2.45) is 0 Å². The molecule has 7 heteroatoms. The fourth-order valence-electron chi connectivity index (χ4n) is 2.90. The van der Waals surface area contributed by atoms with Crippen LogP contribution in [0, 0.1) is 6.92 Å². The van der Waals surface area contributed by atoms with Crippen LogP contribution in [0.1, 0.15) is 23.0 Å². The molecule has 1 atom stereocenters. The average Bonchev–Trinajstić information content (AvgIpc) is 3.06. The molecular weight excluding hydrogens is 320 g/mol. The van der Waals surface area contributed by atoms with Crippen LogP contribution < -0.4 is 5.32 Å². The van der Waals surface area contributed by atoms with Crippen LogP contribution in [0.5, 0.6) is 0 Å². The molecular formula is C18H22N4O3. The quantitative estimate of drug-likeness (QED) is 0.916. The number of hydrogen-bond acceptors (Lipinski definition) is 5. The Hall–Kier alpha value is -2.67. The van der Waals surface area contributed by atoms with Gasteiger partial charge < -0.3 is 14.7 Å². The molecule has 0 bridgehead atoms. The summed E-state index contributed by atoms with van der Waals surface area (Å²) in [6.45, 7) is 6.16. The first-order valence-corrected chi connectivity index (χ1v) is 8.37. The molecule has 1 aliphatic rings. The first-order valence-electron chi connectivity index (χ1n) is 8.37. The minimum atomic E-state index is -0.300. The Kier molecular flexibility index (Phi) is 5.14. The minimum absolute atomic E-state index is 0.0374. The number of piperazine rings is 1. The van der Waals surface area contributed by atoms with Gasteiger partial charge in [-0.05, 0) is 26.0 Å². The van der Waals surface area contributed by atoms with Crippen molar-refractivity contribution in [2.45, 2.75) is 19.9 Å². The molecule has 3 rings (SSSR count). The summed E-state index contributed by atoms with van der Waals surface area (Å²) in [7, 11) is 0. The number of anilines is 1. The van der Waals surface area contributed by atoms with Crippen LogP contribution >= 0.6 is 0 Å². The fourth-order valence-corrected chi connectivity index (χ4v) is 2.90. The number of carbonyl (C=O) groups excluding carboxylic acids is 2. The van der Waals surface area contributed by atoms with E-state index in [1.54, 1.807) is 13.0 Å². The van der Waals surface area contributed by atoms with Gasteiger partial charge in [-0.1, -0.05) is 23.4 Å². The largest absolute Gasteiger partial charge is 0.360 e. The highest BCUT2D eigenvalue weighted by molar-refractivity contribution is 5.95. The van der Waals surface area contributed by atoms with E-state index in [9.17, 15) is 9.59 Å². The van der Waals surface area contributed by atoms with Gasteiger partial charge in [-0.25, -0.2) is 0 Å². The van der Waals surface area contributed by atoms with Crippen LogP contribution in [0.4, 0.5) is 5.82 Å². The number of rotatable bonds is 4. The topological polar surface area (TPSA) is 78.7 Å². The van der Waals surface area contributed by atoms with Crippen molar-refractivity contribution in [3.05, 3.63) is 47.7 Å². The molecule has 1 aliphatic heterocycles. The summed E-state index contributed by atoms with van der Waals surface area (Å²) in [6.07, 6.45) is 0. The van der Waals surface area contributed by atoms with E-state index in [-0.39, 0.29) is 17.9 Å². The highest BCUT2D eigenvalue weighted by Gasteiger charge is 2.28. The number of benzene rings is 1. The third kappa shape index (κ3) is 4.06. The molecule has 2 amide bonds. The van der Waals surface area contributed by atoms with Gasteiger partial charge in [-0.15, -0.1) is 0 Å². The van der Waals surface area contributed by atoms with Crippen molar-refractivity contribution >= 4 is 17.6 Å². The van der Waals surface area contributed by atoms with E-state index in [0.717, 1.165) is 0 Å². The molecule has 25 heavy (non-hydrogen) atoms. The van der Waals surface area contributed by atoms with Gasteiger partial charge in [-0.3, -0.25) is 14.5 Å². The summed E-state index contributed by atoms with van der Waals surface area (Å²) in [5.74, 6) is 0.981. The standard InChI is InChI=1S/C18H22N4O3/c1-13-12-16(20-25-13)19-17(23)14(2)21-8-10-22(11-9-21)18(24)15-6-4-3-5-7-15/h3-7,12,14H,8-11H2,1-2H3,(H,19,20,23)/t14-/m1/s1. The molecule has 0 unspecified atom stereocenters. The number of hydrogen-bond donors (Lipinski definition) is 1. The van der Waals surface area contributed by atoms with Gasteiger partial charge in [0, 0.05) is 37.8 Å². The van der Waals surface area contributed by atoms with Gasteiger partial charge in [0.05, 0.1) is 6.04 Å². The van der Waals surface area contributed by atoms with Crippen molar-refractivity contribution in [1.29, 1.82) is 0 Å². The Bertz CT molecular complexity index is 736. The van der Waals surface area contributed by atoms with E-state index < -0.39 is 0 Å². The van der Waals surface area contributed by atoms with Crippen molar-refractivity contribution in [2.75, 3.05) is 31.5 Å². The molecule has 1 fully saturated rings. The van der Waals surface area contributed by atoms with Gasteiger partial charge in [0.2, 0.25) is 5.91 Å². The second-order valence-electron chi connectivity index (χ2n) is 6.18. The van der Waals surface area contributed by atoms with Crippen LogP contribution in [0.3, 0.4) is 0 Å². The molecule has 0 saturated carbocycles. The number of carbonyl (C=O) groups is 2. The van der Waals surface area contributed by atoms with Crippen LogP contribution in [0.15, 0.2) is 40.9 Å². The third-order valence-corrected chi connectivity index (χ3v) is 4.43. The molecule has 7 nitrogen and oxygen atoms in total. The summed E-state index contributed by atoms with van der Waals surface area (Å²) in [4.78, 5) is 28.7. The SMILES string of the molecule is Cc1cc(NC(=O)[C@@H](C)N2CCN(C(=O)c3ccccc3)CC2)no1. The van der Waals surface area contributed by atoms with E-state index >= 15 is 0 Å². The van der Waals surface area contributed by atoms with Gasteiger partial charge in [0.25, 0.3) is 5.91 Å². The summed E-state index contributed by atoms with van der Waals surface area (Å²) < 4.78 is 4.95. The van der Waals surface area contributed by atoms with Gasteiger partial charge >= 0.3 is 0 Å². The smallest absolute Gasteiger partial charge is 0.253 e. The van der Waals surface area contributed by atoms with Crippen LogP contribution in [0.2, 0.25) is 0 Å². The van der Waals surface area contributed by atoms with Crippen molar-refractivity contribution in [3.8, 4) is 0 Å². The Morgan fingerprint density at radius 3 is 2.44 bits per heavy atom. The number of amides is 2. The summed E-state index contributed by atoms with van der Waals surface area (Å²) in [5.41, 5.74) is 0.697. The lowest BCUT2D eigenvalue weighted by molar-refractivity contribution is -0.121. The Morgan fingerprint density at radius 2 is 1.84 bits per heavy atom. The molecule has 0 radical (unpaired) electrons. The normalized spacial score (nSPS) is 16.5. The zero-order valence-electron chi connectivity index (χ0n) is 14.4. The minimum Gasteiger partial charge on any atom is -0.360 e. The lowest BCUT2D eigenvalue weighted by atomic mass is 10.1. The lowest BCUT2D eigenvalue weighted by Crippen LogP contribution is -2.54. The Balaban J connectivity index is 1.53. The van der Waals surface area contributed by atoms with Gasteiger partial charge in [0.1, 0.15) is 5.76 Å². The third-order valence-electron chi connectivity index (χ3n) is 4.43. The number of aromatic nitrogens is 1. The predicted molar refractivity (Wildman–Crippen MR) is 93.3 cm³/mol. The van der Waals surface area contributed by atoms with E-state index in [2.05, 4.69) is 15.4 Å². The van der Waals surface area contributed by atoms with E-state index in [1.165, 1.54) is 0 Å². The molecule has 1 aromatic carbocycles. The fraction of sp³-hybridized carbons (Fsp3) is 0.389. The zero-order chi connectivity index (χ0) is 17.8. The maximum absolute atomic E-state index is 12.5. The second-order valence-corrected chi connectivity index (χ2v) is 6.18. The predicted octanol–water partition coefficient (Wildman–Crippen LogP) is 1.77. The van der Waals surface area contributed by atoms with E-state index in [0.29, 0.717) is 43.3 Å². The average molecular weight is 342 g/mol. The summed E-state index contributed by atoms with van der Waals surface area (Å²) in [6, 6.07) is 10.6. The Morgan fingerprint density at radius 1 is 1.16 bits per heavy atom. The summed E-state index contributed by atoms with van der Waals surface area (Å²) in [5, 5.41) is 6.53. The van der Waals surface area contributed by atoms with Crippen LogP contribution in [-0.2, 0) is 4.79 Å². The number of aryl methyl sites for hydroxylation is 1. The molecule has 2 heterocycles. The maximum Gasteiger partial charge on any atom is 0.253 e. The number of nitrogens with zero attached hydrogens (tertiary/aromatic N) is 3. The van der Waals surface area contributed by atoms with Crippen molar-refractivity contribution in [1.82, 2.24) is 15.0 Å².